The van der Waals surface area contributed by atoms with Crippen molar-refractivity contribution < 1.29 is 14.6 Å². The molecular weight excluding hydrogens is 268 g/mol. The highest BCUT2D eigenvalue weighted by atomic mass is 16.5. The molecule has 1 heterocycles. The molecule has 5 heteroatoms. The monoisotopic (exact) mass is 292 g/mol. The van der Waals surface area contributed by atoms with Crippen LogP contribution in [0.5, 0.6) is 0 Å². The highest BCUT2D eigenvalue weighted by Crippen LogP contribution is 2.20. The van der Waals surface area contributed by atoms with E-state index in [1.165, 1.54) is 0 Å². The molecule has 1 aromatic rings. The standard InChI is InChI=1S/C16H24N2O3/c1-16(2)12-18(9-14(11-19)21-16)10-15(20)17-8-13-6-4-3-5-7-13/h3-7,14,19H,8-12H2,1-2H3,(H,17,20). The summed E-state index contributed by atoms with van der Waals surface area (Å²) in [5, 5.41) is 12.2. The quantitative estimate of drug-likeness (QED) is 0.842. The largest absolute Gasteiger partial charge is 0.394 e. The van der Waals surface area contributed by atoms with Crippen LogP contribution in [0.3, 0.4) is 0 Å². The summed E-state index contributed by atoms with van der Waals surface area (Å²) in [5.74, 6) is -0.00626. The van der Waals surface area contributed by atoms with E-state index in [0.717, 1.165) is 5.56 Å². The van der Waals surface area contributed by atoms with Crippen molar-refractivity contribution in [1.82, 2.24) is 10.2 Å². The Balaban J connectivity index is 1.81. The Bertz CT molecular complexity index is 462. The Kier molecular flexibility index (Phi) is 5.33. The molecule has 0 saturated carbocycles. The second-order valence-electron chi connectivity index (χ2n) is 6.11. The predicted molar refractivity (Wildman–Crippen MR) is 80.8 cm³/mol. The molecule has 1 unspecified atom stereocenters. The first kappa shape index (κ1) is 15.9. The Hall–Kier alpha value is -1.43. The van der Waals surface area contributed by atoms with Crippen molar-refractivity contribution in [1.29, 1.82) is 0 Å². The number of nitrogens with one attached hydrogen (secondary N) is 1. The molecule has 5 nitrogen and oxygen atoms in total. The van der Waals surface area contributed by atoms with Crippen molar-refractivity contribution in [3.63, 3.8) is 0 Å². The second kappa shape index (κ2) is 7.02. The summed E-state index contributed by atoms with van der Waals surface area (Å²) in [7, 11) is 0. The third-order valence-electron chi connectivity index (χ3n) is 3.46. The van der Waals surface area contributed by atoms with E-state index in [9.17, 15) is 9.90 Å². The molecule has 1 aliphatic heterocycles. The van der Waals surface area contributed by atoms with Gasteiger partial charge in [-0.25, -0.2) is 0 Å². The Labute approximate surface area is 125 Å². The molecule has 2 rings (SSSR count). The zero-order valence-corrected chi connectivity index (χ0v) is 12.7. The number of ether oxygens (including phenoxy) is 1. The number of amides is 1. The number of morpholine rings is 1. The van der Waals surface area contributed by atoms with Gasteiger partial charge in [0.05, 0.1) is 24.9 Å². The van der Waals surface area contributed by atoms with E-state index >= 15 is 0 Å². The maximum absolute atomic E-state index is 12.0. The average molecular weight is 292 g/mol. The summed E-state index contributed by atoms with van der Waals surface area (Å²) in [4.78, 5) is 14.1. The molecule has 1 aliphatic rings. The smallest absolute Gasteiger partial charge is 0.234 e. The molecule has 0 spiro atoms. The van der Waals surface area contributed by atoms with Gasteiger partial charge < -0.3 is 15.2 Å². The van der Waals surface area contributed by atoms with Gasteiger partial charge in [0.1, 0.15) is 0 Å². The third kappa shape index (κ3) is 5.12. The molecule has 2 N–H and O–H groups in total. The van der Waals surface area contributed by atoms with Crippen LogP contribution < -0.4 is 5.32 Å². The summed E-state index contributed by atoms with van der Waals surface area (Å²) >= 11 is 0. The SMILES string of the molecule is CC1(C)CN(CC(=O)NCc2ccccc2)CC(CO)O1. The number of benzene rings is 1. The molecule has 0 bridgehead atoms. The zero-order chi connectivity index (χ0) is 15.3. The summed E-state index contributed by atoms with van der Waals surface area (Å²) in [6.07, 6.45) is -0.226. The number of rotatable bonds is 5. The molecule has 1 fully saturated rings. The van der Waals surface area contributed by atoms with Gasteiger partial charge in [0.15, 0.2) is 0 Å². The first-order valence-electron chi connectivity index (χ1n) is 7.30. The summed E-state index contributed by atoms with van der Waals surface area (Å²) in [6, 6.07) is 9.84. The normalized spacial score (nSPS) is 22.0. The van der Waals surface area contributed by atoms with Crippen LogP contribution in [0.4, 0.5) is 0 Å². The van der Waals surface area contributed by atoms with Crippen LogP contribution in [-0.2, 0) is 16.1 Å². The predicted octanol–water partition coefficient (Wildman–Crippen LogP) is 0.774. The van der Waals surface area contributed by atoms with E-state index in [2.05, 4.69) is 5.32 Å². The van der Waals surface area contributed by atoms with Gasteiger partial charge in [-0.15, -0.1) is 0 Å². The number of hydrogen-bond acceptors (Lipinski definition) is 4. The molecule has 0 radical (unpaired) electrons. The van der Waals surface area contributed by atoms with Gasteiger partial charge >= 0.3 is 0 Å². The second-order valence-corrected chi connectivity index (χ2v) is 6.11. The molecule has 21 heavy (non-hydrogen) atoms. The van der Waals surface area contributed by atoms with Crippen LogP contribution in [0.15, 0.2) is 30.3 Å². The zero-order valence-electron chi connectivity index (χ0n) is 12.7. The molecular formula is C16H24N2O3. The third-order valence-corrected chi connectivity index (χ3v) is 3.46. The Morgan fingerprint density at radius 3 is 2.81 bits per heavy atom. The van der Waals surface area contributed by atoms with Gasteiger partial charge in [0.2, 0.25) is 5.91 Å². The van der Waals surface area contributed by atoms with Crippen LogP contribution in [-0.4, -0.2) is 53.9 Å². The highest BCUT2D eigenvalue weighted by Gasteiger charge is 2.33. The van der Waals surface area contributed by atoms with Crippen LogP contribution >= 0.6 is 0 Å². The summed E-state index contributed by atoms with van der Waals surface area (Å²) < 4.78 is 5.74. The van der Waals surface area contributed by atoms with Crippen molar-refractivity contribution in [2.45, 2.75) is 32.1 Å². The highest BCUT2D eigenvalue weighted by molar-refractivity contribution is 5.78. The summed E-state index contributed by atoms with van der Waals surface area (Å²) in [5.41, 5.74) is 0.743. The Morgan fingerprint density at radius 2 is 2.14 bits per heavy atom. The lowest BCUT2D eigenvalue weighted by Gasteiger charge is -2.42. The molecule has 116 valence electrons. The van der Waals surface area contributed by atoms with Crippen LogP contribution in [0.25, 0.3) is 0 Å². The first-order valence-corrected chi connectivity index (χ1v) is 7.30. The van der Waals surface area contributed by atoms with E-state index in [1.54, 1.807) is 0 Å². The van der Waals surface area contributed by atoms with Gasteiger partial charge in [-0.1, -0.05) is 30.3 Å². The fourth-order valence-electron chi connectivity index (χ4n) is 2.69. The van der Waals surface area contributed by atoms with Crippen molar-refractivity contribution in [3.05, 3.63) is 35.9 Å². The van der Waals surface area contributed by atoms with Crippen molar-refractivity contribution in [3.8, 4) is 0 Å². The van der Waals surface area contributed by atoms with Crippen molar-refractivity contribution >= 4 is 5.91 Å². The van der Waals surface area contributed by atoms with E-state index in [0.29, 0.717) is 26.2 Å². The van der Waals surface area contributed by atoms with Gasteiger partial charge in [-0.05, 0) is 19.4 Å². The van der Waals surface area contributed by atoms with Crippen molar-refractivity contribution in [2.75, 3.05) is 26.2 Å². The molecule has 1 amide bonds. The topological polar surface area (TPSA) is 61.8 Å². The van der Waals surface area contributed by atoms with E-state index in [1.807, 2.05) is 49.1 Å². The molecule has 0 aliphatic carbocycles. The lowest BCUT2D eigenvalue weighted by atomic mass is 10.1. The average Bonchev–Trinajstić information content (AvgIpc) is 2.44. The van der Waals surface area contributed by atoms with E-state index in [-0.39, 0.29) is 24.2 Å². The van der Waals surface area contributed by atoms with Gasteiger partial charge in [-0.3, -0.25) is 9.69 Å². The maximum Gasteiger partial charge on any atom is 0.234 e. The lowest BCUT2D eigenvalue weighted by Crippen LogP contribution is -2.55. The Morgan fingerprint density at radius 1 is 1.43 bits per heavy atom. The lowest BCUT2D eigenvalue weighted by molar-refractivity contribution is -0.153. The van der Waals surface area contributed by atoms with Gasteiger partial charge in [0, 0.05) is 19.6 Å². The van der Waals surface area contributed by atoms with Crippen LogP contribution in [0.1, 0.15) is 19.4 Å². The minimum atomic E-state index is -0.342. The fourth-order valence-corrected chi connectivity index (χ4v) is 2.69. The van der Waals surface area contributed by atoms with Crippen LogP contribution in [0, 0.1) is 0 Å². The molecule has 1 saturated heterocycles. The number of carbonyl (C=O) groups is 1. The maximum atomic E-state index is 12.0. The number of carbonyl (C=O) groups excluding carboxylic acids is 1. The molecule has 1 aromatic carbocycles. The number of hydrogen-bond donors (Lipinski definition) is 2. The minimum absolute atomic E-state index is 0.00626. The van der Waals surface area contributed by atoms with Crippen molar-refractivity contribution in [2.24, 2.45) is 0 Å². The van der Waals surface area contributed by atoms with Gasteiger partial charge in [-0.2, -0.15) is 0 Å². The van der Waals surface area contributed by atoms with E-state index in [4.69, 9.17) is 4.74 Å². The molecule has 0 aromatic heterocycles. The fraction of sp³-hybridized carbons (Fsp3) is 0.562. The molecule has 1 atom stereocenters. The number of aliphatic hydroxyl groups excluding tert-OH is 1. The number of nitrogens with zero attached hydrogens (tertiary/aromatic N) is 1. The van der Waals surface area contributed by atoms with Crippen LogP contribution in [0.2, 0.25) is 0 Å². The minimum Gasteiger partial charge on any atom is -0.394 e. The van der Waals surface area contributed by atoms with Gasteiger partial charge in [0.25, 0.3) is 0 Å². The first-order chi connectivity index (χ1) is 9.98. The van der Waals surface area contributed by atoms with E-state index < -0.39 is 0 Å². The summed E-state index contributed by atoms with van der Waals surface area (Å²) in [6.45, 7) is 6.06. The number of aliphatic hydroxyl groups is 1.